The van der Waals surface area contributed by atoms with Crippen molar-refractivity contribution in [2.24, 2.45) is 0 Å². The molecule has 3 heterocycles. The Morgan fingerprint density at radius 3 is 2.30 bits per heavy atom. The van der Waals surface area contributed by atoms with Crippen LogP contribution in [0.1, 0.15) is 39.7 Å². The summed E-state index contributed by atoms with van der Waals surface area (Å²) < 4.78 is 18.2. The topological polar surface area (TPSA) is 71.5 Å². The highest BCUT2D eigenvalue weighted by molar-refractivity contribution is 5.89. The molecule has 0 saturated carbocycles. The fourth-order valence-electron chi connectivity index (χ4n) is 3.96. The van der Waals surface area contributed by atoms with Crippen LogP contribution in [-0.4, -0.2) is 53.9 Å². The van der Waals surface area contributed by atoms with Crippen molar-refractivity contribution in [1.29, 1.82) is 0 Å². The van der Waals surface area contributed by atoms with Gasteiger partial charge in [0.1, 0.15) is 11.6 Å². The molecule has 0 aliphatic carbocycles. The van der Waals surface area contributed by atoms with Gasteiger partial charge in [-0.3, -0.25) is 0 Å². The molecule has 1 saturated heterocycles. The molecule has 0 amide bonds. The van der Waals surface area contributed by atoms with Gasteiger partial charge in [-0.15, -0.1) is 5.10 Å². The van der Waals surface area contributed by atoms with Gasteiger partial charge in [0.15, 0.2) is 5.82 Å². The normalized spacial score (nSPS) is 13.8. The van der Waals surface area contributed by atoms with Crippen LogP contribution in [0.4, 0.5) is 16.0 Å². The van der Waals surface area contributed by atoms with Crippen LogP contribution in [0.25, 0.3) is 0 Å². The number of hydrogen-bond donors (Lipinski definition) is 0. The average molecular weight is 450 g/mol. The van der Waals surface area contributed by atoms with Crippen LogP contribution in [-0.2, 0) is 11.2 Å². The van der Waals surface area contributed by atoms with E-state index in [2.05, 4.69) is 38.8 Å². The Hall–Kier alpha value is -3.55. The second-order valence-electron chi connectivity index (χ2n) is 8.12. The number of anilines is 2. The van der Waals surface area contributed by atoms with E-state index >= 15 is 0 Å². The molecule has 0 bridgehead atoms. The van der Waals surface area contributed by atoms with E-state index in [1.165, 1.54) is 12.1 Å². The molecule has 8 heteroatoms. The van der Waals surface area contributed by atoms with Crippen molar-refractivity contribution in [3.63, 3.8) is 0 Å². The summed E-state index contributed by atoms with van der Waals surface area (Å²) in [4.78, 5) is 20.7. The van der Waals surface area contributed by atoms with Gasteiger partial charge in [-0.05, 0) is 61.7 Å². The van der Waals surface area contributed by atoms with Crippen molar-refractivity contribution in [3.05, 3.63) is 76.4 Å². The summed E-state index contributed by atoms with van der Waals surface area (Å²) >= 11 is 0. The van der Waals surface area contributed by atoms with E-state index in [1.807, 2.05) is 6.07 Å². The zero-order valence-corrected chi connectivity index (χ0v) is 19.2. The molecule has 0 radical (unpaired) electrons. The van der Waals surface area contributed by atoms with Crippen molar-refractivity contribution in [3.8, 4) is 0 Å². The number of piperazine rings is 1. The van der Waals surface area contributed by atoms with Crippen molar-refractivity contribution in [1.82, 2.24) is 15.2 Å². The minimum atomic E-state index is -0.353. The number of aromatic nitrogens is 3. The molecule has 1 aliphatic rings. The lowest BCUT2D eigenvalue weighted by atomic mass is 10.0. The van der Waals surface area contributed by atoms with Gasteiger partial charge in [-0.25, -0.2) is 14.2 Å². The van der Waals surface area contributed by atoms with Gasteiger partial charge in [0.2, 0.25) is 0 Å². The standard InChI is InChI=1S/C25H28FN5O2/c1-4-33-25(32)20-7-10-23(27-16-20)30-11-13-31(14-12-30)24-18(3)17(2)22(28-29-24)15-19-5-8-21(26)9-6-19/h5-10,16H,4,11-15H2,1-3H3. The molecular weight excluding hydrogens is 421 g/mol. The van der Waals surface area contributed by atoms with Gasteiger partial charge in [-0.1, -0.05) is 12.1 Å². The molecule has 1 aliphatic heterocycles. The van der Waals surface area contributed by atoms with Crippen molar-refractivity contribution in [2.45, 2.75) is 27.2 Å². The Balaban J connectivity index is 1.40. The molecular formula is C25H28FN5O2. The van der Waals surface area contributed by atoms with Gasteiger partial charge in [0, 0.05) is 38.8 Å². The largest absolute Gasteiger partial charge is 0.462 e. The molecule has 172 valence electrons. The summed E-state index contributed by atoms with van der Waals surface area (Å²) in [5, 5.41) is 9.03. The minimum Gasteiger partial charge on any atom is -0.462 e. The molecule has 0 atom stereocenters. The van der Waals surface area contributed by atoms with Crippen molar-refractivity contribution >= 4 is 17.6 Å². The second-order valence-corrected chi connectivity index (χ2v) is 8.12. The summed E-state index contributed by atoms with van der Waals surface area (Å²) in [7, 11) is 0. The lowest BCUT2D eigenvalue weighted by molar-refractivity contribution is 0.0526. The predicted molar refractivity (Wildman–Crippen MR) is 125 cm³/mol. The van der Waals surface area contributed by atoms with Crippen LogP contribution in [0.3, 0.4) is 0 Å². The zero-order chi connectivity index (χ0) is 23.4. The molecule has 1 aromatic carbocycles. The number of ether oxygens (including phenoxy) is 1. The van der Waals surface area contributed by atoms with Crippen LogP contribution >= 0.6 is 0 Å². The number of carbonyl (C=O) groups is 1. The molecule has 33 heavy (non-hydrogen) atoms. The number of hydrogen-bond acceptors (Lipinski definition) is 7. The number of esters is 1. The molecule has 4 rings (SSSR count). The Kier molecular flexibility index (Phi) is 6.82. The van der Waals surface area contributed by atoms with Crippen LogP contribution in [0, 0.1) is 19.7 Å². The van der Waals surface area contributed by atoms with Crippen LogP contribution in [0.5, 0.6) is 0 Å². The maximum absolute atomic E-state index is 13.2. The van der Waals surface area contributed by atoms with E-state index in [0.29, 0.717) is 18.6 Å². The highest BCUT2D eigenvalue weighted by Gasteiger charge is 2.22. The molecule has 0 N–H and O–H groups in total. The Morgan fingerprint density at radius 2 is 1.67 bits per heavy atom. The summed E-state index contributed by atoms with van der Waals surface area (Å²) in [5.74, 6) is 1.16. The Labute approximate surface area is 193 Å². The van der Waals surface area contributed by atoms with E-state index < -0.39 is 0 Å². The Bertz CT molecular complexity index is 1110. The zero-order valence-electron chi connectivity index (χ0n) is 19.2. The smallest absolute Gasteiger partial charge is 0.339 e. The molecule has 7 nitrogen and oxygen atoms in total. The SMILES string of the molecule is CCOC(=O)c1ccc(N2CCN(c3nnc(Cc4ccc(F)cc4)c(C)c3C)CC2)nc1. The third kappa shape index (κ3) is 5.10. The van der Waals surface area contributed by atoms with Gasteiger partial charge in [0.25, 0.3) is 0 Å². The van der Waals surface area contributed by atoms with E-state index in [-0.39, 0.29) is 11.8 Å². The highest BCUT2D eigenvalue weighted by atomic mass is 19.1. The first kappa shape index (κ1) is 22.6. The third-order valence-corrected chi connectivity index (χ3v) is 6.04. The first-order valence-corrected chi connectivity index (χ1v) is 11.2. The predicted octanol–water partition coefficient (Wildman–Crippen LogP) is 3.72. The molecule has 3 aromatic rings. The molecule has 2 aromatic heterocycles. The summed E-state index contributed by atoms with van der Waals surface area (Å²) in [6, 6.07) is 10.1. The van der Waals surface area contributed by atoms with E-state index in [9.17, 15) is 9.18 Å². The lowest BCUT2D eigenvalue weighted by Crippen LogP contribution is -2.47. The van der Waals surface area contributed by atoms with Crippen LogP contribution in [0.15, 0.2) is 42.6 Å². The first-order valence-electron chi connectivity index (χ1n) is 11.2. The summed E-state index contributed by atoms with van der Waals surface area (Å²) in [5.41, 5.74) is 4.61. The van der Waals surface area contributed by atoms with E-state index in [4.69, 9.17) is 4.74 Å². The summed E-state index contributed by atoms with van der Waals surface area (Å²) in [6.07, 6.45) is 2.19. The number of nitrogens with zero attached hydrogens (tertiary/aromatic N) is 5. The van der Waals surface area contributed by atoms with Gasteiger partial charge in [0.05, 0.1) is 17.9 Å². The highest BCUT2D eigenvalue weighted by Crippen LogP contribution is 2.25. The fourth-order valence-corrected chi connectivity index (χ4v) is 3.96. The Morgan fingerprint density at radius 1 is 0.970 bits per heavy atom. The average Bonchev–Trinajstić information content (AvgIpc) is 2.84. The maximum Gasteiger partial charge on any atom is 0.339 e. The monoisotopic (exact) mass is 449 g/mol. The quantitative estimate of drug-likeness (QED) is 0.531. The maximum atomic E-state index is 13.2. The van der Waals surface area contributed by atoms with Gasteiger partial charge < -0.3 is 14.5 Å². The fraction of sp³-hybridized carbons (Fsp3) is 0.360. The van der Waals surface area contributed by atoms with Crippen LogP contribution in [0.2, 0.25) is 0 Å². The van der Waals surface area contributed by atoms with Gasteiger partial charge >= 0.3 is 5.97 Å². The number of benzene rings is 1. The molecule has 1 fully saturated rings. The van der Waals surface area contributed by atoms with E-state index in [0.717, 1.165) is 60.2 Å². The number of carbonyl (C=O) groups excluding carboxylic acids is 1. The number of pyridine rings is 1. The number of rotatable bonds is 6. The first-order chi connectivity index (χ1) is 16.0. The molecule has 0 spiro atoms. The minimum absolute atomic E-state index is 0.239. The third-order valence-electron chi connectivity index (χ3n) is 6.04. The van der Waals surface area contributed by atoms with Crippen LogP contribution < -0.4 is 9.80 Å². The summed E-state index contributed by atoms with van der Waals surface area (Å²) in [6.45, 7) is 9.46. The molecule has 0 unspecified atom stereocenters. The van der Waals surface area contributed by atoms with Crippen molar-refractivity contribution < 1.29 is 13.9 Å². The number of halogens is 1. The van der Waals surface area contributed by atoms with E-state index in [1.54, 1.807) is 31.3 Å². The van der Waals surface area contributed by atoms with Gasteiger partial charge in [-0.2, -0.15) is 5.10 Å². The van der Waals surface area contributed by atoms with Crippen molar-refractivity contribution in [2.75, 3.05) is 42.6 Å². The lowest BCUT2D eigenvalue weighted by Gasteiger charge is -2.36. The second kappa shape index (κ2) is 9.94.